The van der Waals surface area contributed by atoms with E-state index in [2.05, 4.69) is 0 Å². The lowest BCUT2D eigenvalue weighted by Crippen LogP contribution is -2.39. The molecule has 1 heterocycles. The maximum atomic E-state index is 13.6. The summed E-state index contributed by atoms with van der Waals surface area (Å²) in [6.45, 7) is 0.887. The minimum absolute atomic E-state index is 0.122. The van der Waals surface area contributed by atoms with E-state index in [0.717, 1.165) is 18.2 Å². The van der Waals surface area contributed by atoms with Crippen LogP contribution in [0.3, 0.4) is 0 Å². The van der Waals surface area contributed by atoms with Gasteiger partial charge in [0.15, 0.2) is 0 Å². The Hall–Kier alpha value is -1.98. The molecule has 2 rings (SSSR count). The Balaban J connectivity index is 1.94. The Morgan fingerprint density at radius 3 is 2.52 bits per heavy atom. The van der Waals surface area contributed by atoms with E-state index in [9.17, 15) is 18.4 Å². The maximum absolute atomic E-state index is 13.6. The summed E-state index contributed by atoms with van der Waals surface area (Å²) in [6.07, 6.45) is 2.09. The first kappa shape index (κ1) is 15.4. The van der Waals surface area contributed by atoms with Crippen LogP contribution in [0.25, 0.3) is 0 Å². The van der Waals surface area contributed by atoms with Gasteiger partial charge < -0.3 is 10.0 Å². The molecule has 1 aliphatic rings. The van der Waals surface area contributed by atoms with Crippen LogP contribution in [0.1, 0.15) is 36.0 Å². The highest BCUT2D eigenvalue weighted by Crippen LogP contribution is 2.23. The fraction of sp³-hybridized carbons (Fsp3) is 0.467. The van der Waals surface area contributed by atoms with Crippen molar-refractivity contribution in [2.75, 3.05) is 13.1 Å². The highest BCUT2D eigenvalue weighted by molar-refractivity contribution is 5.94. The summed E-state index contributed by atoms with van der Waals surface area (Å²) in [4.78, 5) is 24.2. The van der Waals surface area contributed by atoms with Crippen molar-refractivity contribution in [2.45, 2.75) is 25.7 Å². The molecule has 0 spiro atoms. The van der Waals surface area contributed by atoms with Gasteiger partial charge in [0.05, 0.1) is 5.56 Å². The number of rotatable bonds is 4. The first-order valence-electron chi connectivity index (χ1n) is 6.93. The Labute approximate surface area is 121 Å². The summed E-state index contributed by atoms with van der Waals surface area (Å²) in [6, 6.07) is 2.83. The standard InChI is InChI=1S/C15H17F2NO3/c16-11-2-3-13(17)12(9-11)15(21)18-7-5-10(6-8-18)1-4-14(19)20/h2-3,9-10H,1,4-8H2,(H,19,20). The zero-order chi connectivity index (χ0) is 15.4. The highest BCUT2D eigenvalue weighted by atomic mass is 19.1. The quantitative estimate of drug-likeness (QED) is 0.929. The number of halogens is 2. The molecule has 1 amide bonds. The van der Waals surface area contributed by atoms with Gasteiger partial charge in [-0.15, -0.1) is 0 Å². The van der Waals surface area contributed by atoms with Crippen molar-refractivity contribution in [1.29, 1.82) is 0 Å². The van der Waals surface area contributed by atoms with Crippen LogP contribution in [-0.4, -0.2) is 35.0 Å². The molecule has 0 atom stereocenters. The number of likely N-dealkylation sites (tertiary alicyclic amines) is 1. The largest absolute Gasteiger partial charge is 0.481 e. The fourth-order valence-corrected chi connectivity index (χ4v) is 2.58. The molecule has 0 bridgehead atoms. The van der Waals surface area contributed by atoms with Gasteiger partial charge in [-0.05, 0) is 43.4 Å². The summed E-state index contributed by atoms with van der Waals surface area (Å²) in [7, 11) is 0. The van der Waals surface area contributed by atoms with Gasteiger partial charge in [-0.3, -0.25) is 9.59 Å². The Kier molecular flexibility index (Phi) is 4.88. The Bertz CT molecular complexity index is 540. The number of carbonyl (C=O) groups excluding carboxylic acids is 1. The van der Waals surface area contributed by atoms with Gasteiger partial charge in [0.2, 0.25) is 0 Å². The first-order chi connectivity index (χ1) is 9.97. The second-order valence-electron chi connectivity index (χ2n) is 5.29. The lowest BCUT2D eigenvalue weighted by atomic mass is 9.92. The summed E-state index contributed by atoms with van der Waals surface area (Å²) in [5.74, 6) is -2.44. The Morgan fingerprint density at radius 1 is 1.24 bits per heavy atom. The topological polar surface area (TPSA) is 57.6 Å². The molecule has 114 valence electrons. The molecule has 1 aromatic carbocycles. The van der Waals surface area contributed by atoms with Crippen LogP contribution in [0.5, 0.6) is 0 Å². The summed E-state index contributed by atoms with van der Waals surface area (Å²) in [5.41, 5.74) is -0.251. The van der Waals surface area contributed by atoms with Crippen molar-refractivity contribution in [2.24, 2.45) is 5.92 Å². The number of benzene rings is 1. The number of carboxylic acids is 1. The third-order valence-electron chi connectivity index (χ3n) is 3.83. The average molecular weight is 297 g/mol. The number of carbonyl (C=O) groups is 2. The van der Waals surface area contributed by atoms with Crippen LogP contribution in [0, 0.1) is 17.6 Å². The normalized spacial score (nSPS) is 16.0. The van der Waals surface area contributed by atoms with Crippen molar-refractivity contribution >= 4 is 11.9 Å². The van der Waals surface area contributed by atoms with Crippen LogP contribution in [-0.2, 0) is 4.79 Å². The zero-order valence-electron chi connectivity index (χ0n) is 11.5. The molecule has 4 nitrogen and oxygen atoms in total. The molecule has 0 radical (unpaired) electrons. The van der Waals surface area contributed by atoms with Gasteiger partial charge in [0.1, 0.15) is 11.6 Å². The highest BCUT2D eigenvalue weighted by Gasteiger charge is 2.25. The van der Waals surface area contributed by atoms with E-state index < -0.39 is 23.5 Å². The predicted molar refractivity (Wildman–Crippen MR) is 71.9 cm³/mol. The molecule has 1 saturated heterocycles. The van der Waals surface area contributed by atoms with Gasteiger partial charge in [-0.2, -0.15) is 0 Å². The molecule has 0 saturated carbocycles. The molecule has 6 heteroatoms. The number of hydrogen-bond donors (Lipinski definition) is 1. The van der Waals surface area contributed by atoms with Gasteiger partial charge in [0, 0.05) is 19.5 Å². The van der Waals surface area contributed by atoms with Crippen LogP contribution in [0.2, 0.25) is 0 Å². The van der Waals surface area contributed by atoms with Gasteiger partial charge in [0.25, 0.3) is 5.91 Å². The minimum atomic E-state index is -0.824. The molecule has 1 aromatic rings. The molecular formula is C15H17F2NO3. The van der Waals surface area contributed by atoms with Crippen molar-refractivity contribution < 1.29 is 23.5 Å². The average Bonchev–Trinajstić information content (AvgIpc) is 2.47. The SMILES string of the molecule is O=C(O)CCC1CCN(C(=O)c2cc(F)ccc2F)CC1. The van der Waals surface area contributed by atoms with E-state index in [1.54, 1.807) is 0 Å². The second kappa shape index (κ2) is 6.65. The number of aliphatic carboxylic acids is 1. The summed E-state index contributed by atoms with van der Waals surface area (Å²) in [5, 5.41) is 8.65. The predicted octanol–water partition coefficient (Wildman–Crippen LogP) is 2.68. The third kappa shape index (κ3) is 4.00. The van der Waals surface area contributed by atoms with Crippen molar-refractivity contribution in [3.05, 3.63) is 35.4 Å². The number of hydrogen-bond acceptors (Lipinski definition) is 2. The minimum Gasteiger partial charge on any atom is -0.481 e. The molecule has 0 aliphatic carbocycles. The maximum Gasteiger partial charge on any atom is 0.303 e. The molecule has 1 N–H and O–H groups in total. The van der Waals surface area contributed by atoms with Gasteiger partial charge >= 0.3 is 5.97 Å². The van der Waals surface area contributed by atoms with Crippen LogP contribution < -0.4 is 0 Å². The zero-order valence-corrected chi connectivity index (χ0v) is 11.5. The molecule has 1 aliphatic heterocycles. The number of piperidine rings is 1. The smallest absolute Gasteiger partial charge is 0.303 e. The van der Waals surface area contributed by atoms with Crippen molar-refractivity contribution in [3.8, 4) is 0 Å². The molecule has 0 unspecified atom stereocenters. The monoisotopic (exact) mass is 297 g/mol. The molecular weight excluding hydrogens is 280 g/mol. The third-order valence-corrected chi connectivity index (χ3v) is 3.83. The van der Waals surface area contributed by atoms with Crippen molar-refractivity contribution in [1.82, 2.24) is 4.90 Å². The Morgan fingerprint density at radius 2 is 1.90 bits per heavy atom. The van der Waals surface area contributed by atoms with E-state index >= 15 is 0 Å². The number of carboxylic acid groups (broad SMARTS) is 1. The van der Waals surface area contributed by atoms with Gasteiger partial charge in [-0.1, -0.05) is 0 Å². The van der Waals surface area contributed by atoms with Crippen LogP contribution in [0.15, 0.2) is 18.2 Å². The van der Waals surface area contributed by atoms with E-state index in [-0.39, 0.29) is 17.9 Å². The molecule has 1 fully saturated rings. The van der Waals surface area contributed by atoms with E-state index in [1.807, 2.05) is 0 Å². The van der Waals surface area contributed by atoms with Crippen LogP contribution >= 0.6 is 0 Å². The van der Waals surface area contributed by atoms with Gasteiger partial charge in [-0.25, -0.2) is 8.78 Å². The molecule has 21 heavy (non-hydrogen) atoms. The number of nitrogens with zero attached hydrogens (tertiary/aromatic N) is 1. The molecule has 0 aromatic heterocycles. The summed E-state index contributed by atoms with van der Waals surface area (Å²) < 4.78 is 26.7. The van der Waals surface area contributed by atoms with E-state index in [1.165, 1.54) is 4.90 Å². The lowest BCUT2D eigenvalue weighted by molar-refractivity contribution is -0.137. The van der Waals surface area contributed by atoms with Crippen LogP contribution in [0.4, 0.5) is 8.78 Å². The fourth-order valence-electron chi connectivity index (χ4n) is 2.58. The van der Waals surface area contributed by atoms with Crippen molar-refractivity contribution in [3.63, 3.8) is 0 Å². The van der Waals surface area contributed by atoms with E-state index in [4.69, 9.17) is 5.11 Å². The lowest BCUT2D eigenvalue weighted by Gasteiger charge is -2.32. The summed E-state index contributed by atoms with van der Waals surface area (Å²) >= 11 is 0. The second-order valence-corrected chi connectivity index (χ2v) is 5.29. The number of amides is 1. The van der Waals surface area contributed by atoms with E-state index in [0.29, 0.717) is 32.4 Å². The first-order valence-corrected chi connectivity index (χ1v) is 6.93.